The Kier molecular flexibility index (Phi) is 3.34. The van der Waals surface area contributed by atoms with E-state index in [4.69, 9.17) is 0 Å². The van der Waals surface area contributed by atoms with Crippen LogP contribution in [-0.4, -0.2) is 7.05 Å². The van der Waals surface area contributed by atoms with Gasteiger partial charge >= 0.3 is 0 Å². The Morgan fingerprint density at radius 3 is 1.69 bits per heavy atom. The lowest BCUT2D eigenvalue weighted by molar-refractivity contribution is 0.900. The normalized spacial score (nSPS) is 11.1. The molecule has 0 aromatic heterocycles. The van der Waals surface area contributed by atoms with Gasteiger partial charge in [-0.05, 0) is 35.7 Å². The van der Waals surface area contributed by atoms with E-state index in [9.17, 15) is 0 Å². The van der Waals surface area contributed by atoms with Gasteiger partial charge in [0.2, 0.25) is 0 Å². The Hall–Kier alpha value is -1.64. The second-order valence-corrected chi connectivity index (χ2v) is 3.78. The van der Waals surface area contributed by atoms with Gasteiger partial charge in [-0.25, -0.2) is 0 Å². The van der Waals surface area contributed by atoms with Crippen LogP contribution in [-0.2, 0) is 6.42 Å². The van der Waals surface area contributed by atoms with E-state index in [1.54, 1.807) is 7.05 Å². The van der Waals surface area contributed by atoms with Gasteiger partial charge in [0.1, 0.15) is 0 Å². The molecule has 0 aliphatic heterocycles. The third-order valence-corrected chi connectivity index (χ3v) is 2.71. The van der Waals surface area contributed by atoms with Gasteiger partial charge in [-0.2, -0.15) is 0 Å². The maximum atomic E-state index is 4.60. The van der Waals surface area contributed by atoms with Crippen molar-refractivity contribution < 1.29 is 0 Å². The Bertz CT molecular complexity index is 434. The van der Waals surface area contributed by atoms with Crippen molar-refractivity contribution in [2.75, 3.05) is 7.05 Å². The highest BCUT2D eigenvalue weighted by Gasteiger charge is 2.15. The predicted octanol–water partition coefficient (Wildman–Crippen LogP) is 2.34. The summed E-state index contributed by atoms with van der Waals surface area (Å²) in [5, 5.41) is 0. The van der Waals surface area contributed by atoms with Crippen LogP contribution in [0.1, 0.15) is 11.1 Å². The summed E-state index contributed by atoms with van der Waals surface area (Å²) in [4.78, 5) is 0. The summed E-state index contributed by atoms with van der Waals surface area (Å²) in [5.41, 5.74) is 8.00. The Morgan fingerprint density at radius 2 is 1.25 bits per heavy atom. The van der Waals surface area contributed by atoms with Crippen LogP contribution in [0.2, 0.25) is 0 Å². The van der Waals surface area contributed by atoms with E-state index >= 15 is 0 Å². The lowest BCUT2D eigenvalue weighted by Crippen LogP contribution is -2.13. The molecule has 1 aliphatic carbocycles. The molecule has 0 radical (unpaired) electrons. The van der Waals surface area contributed by atoms with E-state index in [1.165, 1.54) is 22.3 Å². The number of fused-ring (bicyclic) bond motifs is 3. The van der Waals surface area contributed by atoms with Crippen molar-refractivity contribution in [2.24, 2.45) is 5.84 Å². The molecular formula is C14H16N2. The maximum absolute atomic E-state index is 4.60. The fraction of sp³-hybridized carbons (Fsp3) is 0.143. The van der Waals surface area contributed by atoms with E-state index < -0.39 is 0 Å². The zero-order valence-electron chi connectivity index (χ0n) is 9.40. The first-order valence-electron chi connectivity index (χ1n) is 5.40. The number of rotatable bonds is 0. The molecule has 1 aliphatic rings. The molecule has 0 amide bonds. The highest BCUT2D eigenvalue weighted by atomic mass is 15.2. The molecule has 3 N–H and O–H groups in total. The minimum absolute atomic E-state index is 1.10. The van der Waals surface area contributed by atoms with Gasteiger partial charge in [0, 0.05) is 0 Å². The van der Waals surface area contributed by atoms with Gasteiger partial charge < -0.3 is 0 Å². The number of hydrazine groups is 1. The van der Waals surface area contributed by atoms with Crippen molar-refractivity contribution in [1.29, 1.82) is 0 Å². The van der Waals surface area contributed by atoms with Gasteiger partial charge in [0.05, 0.1) is 0 Å². The Balaban J connectivity index is 0.000000292. The van der Waals surface area contributed by atoms with Gasteiger partial charge in [-0.3, -0.25) is 11.3 Å². The first-order valence-corrected chi connectivity index (χ1v) is 5.40. The Labute approximate surface area is 96.1 Å². The lowest BCUT2D eigenvalue weighted by atomic mass is 10.1. The third kappa shape index (κ3) is 1.98. The van der Waals surface area contributed by atoms with Gasteiger partial charge in [-0.1, -0.05) is 48.5 Å². The average molecular weight is 212 g/mol. The molecule has 2 aromatic carbocycles. The molecule has 3 rings (SSSR count). The molecule has 2 heteroatoms. The SMILES string of the molecule is CNN.c1ccc2c(c1)Cc1ccccc1-2. The van der Waals surface area contributed by atoms with Crippen molar-refractivity contribution in [3.05, 3.63) is 59.7 Å². The van der Waals surface area contributed by atoms with Crippen LogP contribution in [0.4, 0.5) is 0 Å². The van der Waals surface area contributed by atoms with Crippen molar-refractivity contribution in [2.45, 2.75) is 6.42 Å². The second kappa shape index (κ2) is 4.92. The van der Waals surface area contributed by atoms with E-state index in [2.05, 4.69) is 59.8 Å². The predicted molar refractivity (Wildman–Crippen MR) is 67.9 cm³/mol. The summed E-state index contributed by atoms with van der Waals surface area (Å²) < 4.78 is 0. The van der Waals surface area contributed by atoms with Crippen LogP contribution < -0.4 is 11.3 Å². The summed E-state index contributed by atoms with van der Waals surface area (Å²) in [6.45, 7) is 0. The molecule has 0 heterocycles. The minimum Gasteiger partial charge on any atom is -0.272 e. The molecule has 0 bridgehead atoms. The monoisotopic (exact) mass is 212 g/mol. The van der Waals surface area contributed by atoms with Crippen LogP contribution in [0.3, 0.4) is 0 Å². The van der Waals surface area contributed by atoms with Gasteiger partial charge in [0.15, 0.2) is 0 Å². The van der Waals surface area contributed by atoms with Crippen molar-refractivity contribution in [3.8, 4) is 11.1 Å². The molecule has 0 atom stereocenters. The van der Waals surface area contributed by atoms with E-state index in [0.717, 1.165) is 6.42 Å². The first kappa shape index (κ1) is 10.9. The molecule has 0 spiro atoms. The van der Waals surface area contributed by atoms with Crippen LogP contribution >= 0.6 is 0 Å². The smallest absolute Gasteiger partial charge is 0.00135 e. The largest absolute Gasteiger partial charge is 0.272 e. The van der Waals surface area contributed by atoms with Crippen LogP contribution in [0.5, 0.6) is 0 Å². The van der Waals surface area contributed by atoms with Gasteiger partial charge in [-0.15, -0.1) is 0 Å². The van der Waals surface area contributed by atoms with Gasteiger partial charge in [0.25, 0.3) is 0 Å². The third-order valence-electron chi connectivity index (χ3n) is 2.71. The molecule has 2 aromatic rings. The molecule has 16 heavy (non-hydrogen) atoms. The minimum atomic E-state index is 1.10. The van der Waals surface area contributed by atoms with Crippen LogP contribution in [0, 0.1) is 0 Å². The van der Waals surface area contributed by atoms with Crippen molar-refractivity contribution in [3.63, 3.8) is 0 Å². The maximum Gasteiger partial charge on any atom is -0.00135 e. The topological polar surface area (TPSA) is 38.0 Å². The summed E-state index contributed by atoms with van der Waals surface area (Å²) in [5.74, 6) is 4.60. The van der Waals surface area contributed by atoms with E-state index in [1.807, 2.05) is 0 Å². The highest BCUT2D eigenvalue weighted by molar-refractivity contribution is 5.76. The number of benzene rings is 2. The summed E-state index contributed by atoms with van der Waals surface area (Å²) in [7, 11) is 1.65. The average Bonchev–Trinajstić information content (AvgIpc) is 2.68. The zero-order chi connectivity index (χ0) is 11.4. The fourth-order valence-corrected chi connectivity index (χ4v) is 2.08. The second-order valence-electron chi connectivity index (χ2n) is 3.78. The van der Waals surface area contributed by atoms with E-state index in [0.29, 0.717) is 0 Å². The summed E-state index contributed by atoms with van der Waals surface area (Å²) >= 11 is 0. The van der Waals surface area contributed by atoms with Crippen molar-refractivity contribution >= 4 is 0 Å². The molecule has 0 saturated heterocycles. The number of hydrogen-bond acceptors (Lipinski definition) is 2. The van der Waals surface area contributed by atoms with Crippen LogP contribution in [0.15, 0.2) is 48.5 Å². The lowest BCUT2D eigenvalue weighted by Gasteiger charge is -1.98. The highest BCUT2D eigenvalue weighted by Crippen LogP contribution is 2.35. The quantitative estimate of drug-likeness (QED) is 0.443. The first-order chi connectivity index (χ1) is 7.86. The Morgan fingerprint density at radius 1 is 0.875 bits per heavy atom. The standard InChI is InChI=1S/C13H10.CH6N2/c1-3-7-12-10(5-1)9-11-6-2-4-8-13(11)12;1-3-2/h1-8H,9H2;3H,2H2,1H3. The molecule has 0 saturated carbocycles. The van der Waals surface area contributed by atoms with Crippen LogP contribution in [0.25, 0.3) is 11.1 Å². The molecular weight excluding hydrogens is 196 g/mol. The number of nitrogens with two attached hydrogens (primary N) is 1. The fourth-order valence-electron chi connectivity index (χ4n) is 2.08. The summed E-state index contributed by atoms with van der Waals surface area (Å²) in [6.07, 6.45) is 1.10. The summed E-state index contributed by atoms with van der Waals surface area (Å²) in [6, 6.07) is 17.3. The molecule has 0 fully saturated rings. The number of hydrogen-bond donors (Lipinski definition) is 2. The molecule has 2 nitrogen and oxygen atoms in total. The zero-order valence-corrected chi connectivity index (χ0v) is 9.40. The number of nitrogens with one attached hydrogen (secondary N) is 1. The van der Waals surface area contributed by atoms with Crippen molar-refractivity contribution in [1.82, 2.24) is 5.43 Å². The molecule has 82 valence electrons. The van der Waals surface area contributed by atoms with E-state index in [-0.39, 0.29) is 0 Å². The molecule has 0 unspecified atom stereocenters.